The Labute approximate surface area is 68.1 Å². The monoisotopic (exact) mass is 155 g/mol. The standard InChI is InChI=1S/C9H17NO/c1-2-8(10)7-5-6-3-4-9(7)11-6/h6-9H,2-5,10H2,1H3/t6?,7?,8-,9?/m1/s1. The number of rotatable bonds is 2. The van der Waals surface area contributed by atoms with E-state index in [4.69, 9.17) is 10.5 Å². The van der Waals surface area contributed by atoms with Crippen LogP contribution in [0.3, 0.4) is 0 Å². The van der Waals surface area contributed by atoms with E-state index in [9.17, 15) is 0 Å². The van der Waals surface area contributed by atoms with Crippen LogP contribution in [0.5, 0.6) is 0 Å². The molecule has 2 heterocycles. The molecule has 2 rings (SSSR count). The summed E-state index contributed by atoms with van der Waals surface area (Å²) >= 11 is 0. The van der Waals surface area contributed by atoms with E-state index in [0.717, 1.165) is 6.42 Å². The second-order valence-corrected chi connectivity index (χ2v) is 3.85. The van der Waals surface area contributed by atoms with Crippen molar-refractivity contribution in [2.24, 2.45) is 11.7 Å². The van der Waals surface area contributed by atoms with Crippen molar-refractivity contribution in [3.05, 3.63) is 0 Å². The van der Waals surface area contributed by atoms with E-state index in [1.54, 1.807) is 0 Å². The van der Waals surface area contributed by atoms with E-state index >= 15 is 0 Å². The molecule has 2 aliphatic rings. The van der Waals surface area contributed by atoms with E-state index in [2.05, 4.69) is 6.92 Å². The Balaban J connectivity index is 1.96. The second kappa shape index (κ2) is 2.76. The van der Waals surface area contributed by atoms with Crippen molar-refractivity contribution < 1.29 is 4.74 Å². The number of hydrogen-bond donors (Lipinski definition) is 1. The molecule has 64 valence electrons. The number of fused-ring (bicyclic) bond motifs is 2. The molecule has 2 aliphatic heterocycles. The van der Waals surface area contributed by atoms with Crippen LogP contribution in [-0.4, -0.2) is 18.2 Å². The van der Waals surface area contributed by atoms with Crippen molar-refractivity contribution in [3.8, 4) is 0 Å². The van der Waals surface area contributed by atoms with Crippen LogP contribution in [0.1, 0.15) is 32.6 Å². The van der Waals surface area contributed by atoms with Crippen molar-refractivity contribution in [3.63, 3.8) is 0 Å². The number of nitrogens with two attached hydrogens (primary N) is 1. The minimum atomic E-state index is 0.380. The molecule has 0 amide bonds. The van der Waals surface area contributed by atoms with Gasteiger partial charge in [0.25, 0.3) is 0 Å². The van der Waals surface area contributed by atoms with E-state index < -0.39 is 0 Å². The highest BCUT2D eigenvalue weighted by molar-refractivity contribution is 4.93. The lowest BCUT2D eigenvalue weighted by Gasteiger charge is -2.23. The van der Waals surface area contributed by atoms with Crippen LogP contribution >= 0.6 is 0 Å². The fraction of sp³-hybridized carbons (Fsp3) is 1.00. The van der Waals surface area contributed by atoms with Gasteiger partial charge in [0.15, 0.2) is 0 Å². The predicted molar refractivity (Wildman–Crippen MR) is 44.3 cm³/mol. The summed E-state index contributed by atoms with van der Waals surface area (Å²) in [5, 5.41) is 0. The molecular formula is C9H17NO. The maximum atomic E-state index is 5.98. The van der Waals surface area contributed by atoms with Crippen LogP contribution in [0.15, 0.2) is 0 Å². The van der Waals surface area contributed by atoms with E-state index in [1.165, 1.54) is 19.3 Å². The molecule has 2 bridgehead atoms. The highest BCUT2D eigenvalue weighted by Gasteiger charge is 2.42. The minimum absolute atomic E-state index is 0.380. The lowest BCUT2D eigenvalue weighted by molar-refractivity contribution is 0.0882. The minimum Gasteiger partial charge on any atom is -0.375 e. The largest absolute Gasteiger partial charge is 0.375 e. The smallest absolute Gasteiger partial charge is 0.0623 e. The first-order valence-electron chi connectivity index (χ1n) is 4.72. The van der Waals surface area contributed by atoms with E-state index in [0.29, 0.717) is 24.2 Å². The molecule has 11 heavy (non-hydrogen) atoms. The van der Waals surface area contributed by atoms with Gasteiger partial charge in [-0.15, -0.1) is 0 Å². The third-order valence-electron chi connectivity index (χ3n) is 3.17. The lowest BCUT2D eigenvalue weighted by Crippen LogP contribution is -2.35. The first-order valence-corrected chi connectivity index (χ1v) is 4.72. The summed E-state index contributed by atoms with van der Waals surface area (Å²) in [5.74, 6) is 0.666. The molecule has 0 saturated carbocycles. The summed E-state index contributed by atoms with van der Waals surface area (Å²) in [6, 6.07) is 0.380. The van der Waals surface area contributed by atoms with Gasteiger partial charge in [-0.1, -0.05) is 6.92 Å². The van der Waals surface area contributed by atoms with Gasteiger partial charge in [0.2, 0.25) is 0 Å². The SMILES string of the molecule is CC[C@@H](N)C1CC2CCC1O2. The Bertz CT molecular complexity index is 148. The fourth-order valence-electron chi connectivity index (χ4n) is 2.43. The summed E-state index contributed by atoms with van der Waals surface area (Å²) in [6.07, 6.45) is 5.91. The number of ether oxygens (including phenoxy) is 1. The van der Waals surface area contributed by atoms with Crippen LogP contribution in [0.25, 0.3) is 0 Å². The molecule has 0 spiro atoms. The summed E-state index contributed by atoms with van der Waals surface area (Å²) < 4.78 is 5.73. The quantitative estimate of drug-likeness (QED) is 0.652. The zero-order valence-corrected chi connectivity index (χ0v) is 7.12. The van der Waals surface area contributed by atoms with Crippen LogP contribution in [0, 0.1) is 5.92 Å². The molecule has 2 fully saturated rings. The van der Waals surface area contributed by atoms with Gasteiger partial charge in [-0.25, -0.2) is 0 Å². The third kappa shape index (κ3) is 1.18. The molecule has 0 aromatic carbocycles. The van der Waals surface area contributed by atoms with Gasteiger partial charge in [0.1, 0.15) is 0 Å². The van der Waals surface area contributed by atoms with Crippen molar-refractivity contribution in [2.75, 3.05) is 0 Å². The molecule has 0 aliphatic carbocycles. The van der Waals surface area contributed by atoms with Crippen molar-refractivity contribution >= 4 is 0 Å². The zero-order valence-electron chi connectivity index (χ0n) is 7.12. The topological polar surface area (TPSA) is 35.2 Å². The Hall–Kier alpha value is -0.0800. The molecule has 0 radical (unpaired) electrons. The third-order valence-corrected chi connectivity index (χ3v) is 3.17. The summed E-state index contributed by atoms with van der Waals surface area (Å²) in [4.78, 5) is 0. The molecule has 0 aromatic heterocycles. The van der Waals surface area contributed by atoms with E-state index in [-0.39, 0.29) is 0 Å². The van der Waals surface area contributed by atoms with Gasteiger partial charge in [-0.3, -0.25) is 0 Å². The van der Waals surface area contributed by atoms with Gasteiger partial charge in [-0.05, 0) is 25.7 Å². The summed E-state index contributed by atoms with van der Waals surface area (Å²) in [5.41, 5.74) is 5.98. The molecule has 0 aromatic rings. The van der Waals surface area contributed by atoms with Crippen LogP contribution < -0.4 is 5.73 Å². The zero-order chi connectivity index (χ0) is 7.84. The van der Waals surface area contributed by atoms with Crippen molar-refractivity contribution in [1.29, 1.82) is 0 Å². The highest BCUT2D eigenvalue weighted by Crippen LogP contribution is 2.40. The van der Waals surface area contributed by atoms with E-state index in [1.807, 2.05) is 0 Å². The average Bonchev–Trinajstić information content (AvgIpc) is 2.62. The molecule has 3 unspecified atom stereocenters. The van der Waals surface area contributed by atoms with Gasteiger partial charge < -0.3 is 10.5 Å². The number of hydrogen-bond acceptors (Lipinski definition) is 2. The average molecular weight is 155 g/mol. The van der Waals surface area contributed by atoms with Gasteiger partial charge in [0, 0.05) is 12.0 Å². The second-order valence-electron chi connectivity index (χ2n) is 3.85. The molecule has 4 atom stereocenters. The Morgan fingerprint density at radius 1 is 1.55 bits per heavy atom. The maximum Gasteiger partial charge on any atom is 0.0623 e. The molecular weight excluding hydrogens is 138 g/mol. The lowest BCUT2D eigenvalue weighted by atomic mass is 9.83. The van der Waals surface area contributed by atoms with Crippen LogP contribution in [-0.2, 0) is 4.74 Å². The first kappa shape index (κ1) is 7.56. The normalized spacial score (nSPS) is 44.7. The first-order chi connectivity index (χ1) is 5.31. The Morgan fingerprint density at radius 3 is 2.82 bits per heavy atom. The van der Waals surface area contributed by atoms with Crippen LogP contribution in [0.4, 0.5) is 0 Å². The van der Waals surface area contributed by atoms with Crippen LogP contribution in [0.2, 0.25) is 0 Å². The van der Waals surface area contributed by atoms with Crippen molar-refractivity contribution in [2.45, 2.75) is 50.9 Å². The van der Waals surface area contributed by atoms with Gasteiger partial charge >= 0.3 is 0 Å². The molecule has 2 N–H and O–H groups in total. The Morgan fingerprint density at radius 2 is 2.36 bits per heavy atom. The molecule has 2 nitrogen and oxygen atoms in total. The van der Waals surface area contributed by atoms with Gasteiger partial charge in [-0.2, -0.15) is 0 Å². The molecule has 2 saturated heterocycles. The summed E-state index contributed by atoms with van der Waals surface area (Å²) in [7, 11) is 0. The maximum absolute atomic E-state index is 5.98. The van der Waals surface area contributed by atoms with Gasteiger partial charge in [0.05, 0.1) is 12.2 Å². The summed E-state index contributed by atoms with van der Waals surface area (Å²) in [6.45, 7) is 2.16. The Kier molecular flexibility index (Phi) is 1.90. The van der Waals surface area contributed by atoms with Crippen molar-refractivity contribution in [1.82, 2.24) is 0 Å². The fourth-order valence-corrected chi connectivity index (χ4v) is 2.43. The predicted octanol–water partition coefficient (Wildman–Crippen LogP) is 1.29. The highest BCUT2D eigenvalue weighted by atomic mass is 16.5. The molecule has 2 heteroatoms.